The van der Waals surface area contributed by atoms with Crippen molar-refractivity contribution in [3.05, 3.63) is 71.8 Å². The molecule has 1 heterocycles. The summed E-state index contributed by atoms with van der Waals surface area (Å²) in [5.74, 6) is 0.507. The molecule has 28 heavy (non-hydrogen) atoms. The van der Waals surface area contributed by atoms with Crippen LogP contribution in [0.4, 0.5) is 0 Å². The first-order chi connectivity index (χ1) is 13.4. The van der Waals surface area contributed by atoms with Crippen molar-refractivity contribution in [1.82, 2.24) is 4.90 Å². The highest BCUT2D eigenvalue weighted by Crippen LogP contribution is 2.18. The molecule has 3 heteroatoms. The van der Waals surface area contributed by atoms with Gasteiger partial charge in [0.15, 0.2) is 0 Å². The standard InChI is InChI=1S/C25H37N3/c1-7-10-12-13-23(9-3)25(26)24(14-11-8-2)27-22(6)16-18-28-17-15-20(4)21(5)19-28/h7,10-11,13-17,19-20,26H,8-9,12,18H2,1-6H3/b10-7?,14-11+,22-16?,23-13+,26-25?,27-24?. The Hall–Kier alpha value is -2.42. The number of nitrogens with one attached hydrogen (secondary N) is 1. The predicted molar refractivity (Wildman–Crippen MR) is 125 cm³/mol. The van der Waals surface area contributed by atoms with Gasteiger partial charge in [-0.15, -0.1) is 0 Å². The maximum absolute atomic E-state index is 8.65. The zero-order valence-corrected chi connectivity index (χ0v) is 18.5. The van der Waals surface area contributed by atoms with Gasteiger partial charge in [0, 0.05) is 24.6 Å². The van der Waals surface area contributed by atoms with Crippen LogP contribution in [0.1, 0.15) is 60.8 Å². The van der Waals surface area contributed by atoms with Crippen molar-refractivity contribution >= 4 is 11.4 Å². The SMILES string of the molecule is CC=CC/C=C(\CC)C(=N)C(/C=C/CC)=NC(C)=CCN1C=CC(C)C(C)=C1. The molecule has 0 aromatic rings. The fraction of sp³-hybridized carbons (Fsp3) is 0.440. The Bertz CT molecular complexity index is 727. The summed E-state index contributed by atoms with van der Waals surface area (Å²) < 4.78 is 0. The smallest absolute Gasteiger partial charge is 0.0881 e. The van der Waals surface area contributed by atoms with E-state index < -0.39 is 0 Å². The third-order valence-electron chi connectivity index (χ3n) is 4.75. The summed E-state index contributed by atoms with van der Waals surface area (Å²) in [4.78, 5) is 6.94. The molecule has 1 N–H and O–H groups in total. The Kier molecular flexibility index (Phi) is 10.9. The normalized spacial score (nSPS) is 19.1. The third kappa shape index (κ3) is 8.08. The molecule has 1 aliphatic rings. The first kappa shape index (κ1) is 23.6. The highest BCUT2D eigenvalue weighted by Gasteiger charge is 2.10. The molecular weight excluding hydrogens is 342 g/mol. The van der Waals surface area contributed by atoms with Crippen molar-refractivity contribution in [2.45, 2.75) is 60.8 Å². The second-order valence-corrected chi connectivity index (χ2v) is 7.12. The van der Waals surface area contributed by atoms with Crippen molar-refractivity contribution in [2.75, 3.05) is 6.54 Å². The summed E-state index contributed by atoms with van der Waals surface area (Å²) in [7, 11) is 0. The van der Waals surface area contributed by atoms with Crippen LogP contribution >= 0.6 is 0 Å². The zero-order valence-electron chi connectivity index (χ0n) is 18.5. The van der Waals surface area contributed by atoms with Crippen molar-refractivity contribution in [3.63, 3.8) is 0 Å². The quantitative estimate of drug-likeness (QED) is 0.322. The molecule has 0 aliphatic carbocycles. The minimum absolute atomic E-state index is 0.507. The predicted octanol–water partition coefficient (Wildman–Crippen LogP) is 6.99. The summed E-state index contributed by atoms with van der Waals surface area (Å²) in [5, 5.41) is 8.65. The maximum Gasteiger partial charge on any atom is 0.0881 e. The summed E-state index contributed by atoms with van der Waals surface area (Å²) in [6.07, 6.45) is 21.6. The molecule has 0 saturated heterocycles. The number of hydrogen-bond acceptors (Lipinski definition) is 3. The summed E-state index contributed by atoms with van der Waals surface area (Å²) in [6.45, 7) is 13.4. The van der Waals surface area contributed by atoms with Gasteiger partial charge in [0.05, 0.1) is 11.4 Å². The maximum atomic E-state index is 8.65. The highest BCUT2D eigenvalue weighted by atomic mass is 15.1. The van der Waals surface area contributed by atoms with Gasteiger partial charge in [-0.25, -0.2) is 0 Å². The molecule has 0 bridgehead atoms. The fourth-order valence-electron chi connectivity index (χ4n) is 2.74. The molecule has 3 nitrogen and oxygen atoms in total. The van der Waals surface area contributed by atoms with Crippen molar-refractivity contribution < 1.29 is 0 Å². The van der Waals surface area contributed by atoms with Crippen LogP contribution in [-0.2, 0) is 0 Å². The average molecular weight is 380 g/mol. The first-order valence-electron chi connectivity index (χ1n) is 10.4. The van der Waals surface area contributed by atoms with Gasteiger partial charge in [0.25, 0.3) is 0 Å². The lowest BCUT2D eigenvalue weighted by molar-refractivity contribution is 0.530. The molecule has 152 valence electrons. The van der Waals surface area contributed by atoms with E-state index in [9.17, 15) is 0 Å². The van der Waals surface area contributed by atoms with Gasteiger partial charge >= 0.3 is 0 Å². The van der Waals surface area contributed by atoms with E-state index in [1.807, 2.05) is 26.0 Å². The molecule has 1 unspecified atom stereocenters. The van der Waals surface area contributed by atoms with Crippen molar-refractivity contribution in [1.29, 1.82) is 5.41 Å². The van der Waals surface area contributed by atoms with E-state index in [1.165, 1.54) is 5.57 Å². The minimum Gasteiger partial charge on any atom is -0.351 e. The van der Waals surface area contributed by atoms with E-state index in [2.05, 4.69) is 75.4 Å². The topological polar surface area (TPSA) is 39.5 Å². The molecule has 0 spiro atoms. The van der Waals surface area contributed by atoms with E-state index in [0.717, 1.165) is 42.8 Å². The van der Waals surface area contributed by atoms with Gasteiger partial charge < -0.3 is 4.90 Å². The van der Waals surface area contributed by atoms with Crippen molar-refractivity contribution in [3.8, 4) is 0 Å². The molecule has 0 aromatic heterocycles. The van der Waals surface area contributed by atoms with Gasteiger partial charge in [-0.2, -0.15) is 0 Å². The van der Waals surface area contributed by atoms with Gasteiger partial charge in [0.1, 0.15) is 0 Å². The number of rotatable bonds is 10. The minimum atomic E-state index is 0.507. The zero-order chi connectivity index (χ0) is 20.9. The molecule has 0 fully saturated rings. The lowest BCUT2D eigenvalue weighted by Crippen LogP contribution is -2.16. The van der Waals surface area contributed by atoms with Gasteiger partial charge in [-0.1, -0.05) is 56.7 Å². The van der Waals surface area contributed by atoms with Crippen LogP contribution in [0.25, 0.3) is 0 Å². The summed E-state index contributed by atoms with van der Waals surface area (Å²) >= 11 is 0. The number of hydrogen-bond donors (Lipinski definition) is 1. The Balaban J connectivity index is 2.99. The lowest BCUT2D eigenvalue weighted by atomic mass is 10.0. The van der Waals surface area contributed by atoms with Gasteiger partial charge in [0.2, 0.25) is 0 Å². The van der Waals surface area contributed by atoms with E-state index in [4.69, 9.17) is 10.4 Å². The van der Waals surface area contributed by atoms with E-state index in [-0.39, 0.29) is 0 Å². The van der Waals surface area contributed by atoms with E-state index >= 15 is 0 Å². The summed E-state index contributed by atoms with van der Waals surface area (Å²) in [5.41, 5.74) is 4.59. The van der Waals surface area contributed by atoms with Crippen LogP contribution in [0.3, 0.4) is 0 Å². The second kappa shape index (κ2) is 12.9. The Morgan fingerprint density at radius 2 is 2.00 bits per heavy atom. The Morgan fingerprint density at radius 1 is 1.25 bits per heavy atom. The molecule has 0 saturated carbocycles. The molecule has 1 atom stereocenters. The van der Waals surface area contributed by atoms with Crippen LogP contribution in [0.2, 0.25) is 0 Å². The van der Waals surface area contributed by atoms with Crippen LogP contribution in [-0.4, -0.2) is 22.9 Å². The monoisotopic (exact) mass is 379 g/mol. The van der Waals surface area contributed by atoms with E-state index in [1.54, 1.807) is 0 Å². The number of aliphatic imine (C=N–C) groups is 1. The summed E-state index contributed by atoms with van der Waals surface area (Å²) in [6, 6.07) is 0. The molecule has 1 rings (SSSR count). The van der Waals surface area contributed by atoms with E-state index in [0.29, 0.717) is 11.6 Å². The van der Waals surface area contributed by atoms with Crippen LogP contribution in [0.15, 0.2) is 76.8 Å². The third-order valence-corrected chi connectivity index (χ3v) is 4.75. The second-order valence-electron chi connectivity index (χ2n) is 7.12. The average Bonchev–Trinajstić information content (AvgIpc) is 2.69. The molecule has 0 radical (unpaired) electrons. The van der Waals surface area contributed by atoms with Gasteiger partial charge in [-0.3, -0.25) is 10.4 Å². The molecule has 0 aromatic carbocycles. The molecule has 1 aliphatic heterocycles. The van der Waals surface area contributed by atoms with Crippen LogP contribution in [0, 0.1) is 11.3 Å². The Labute approximate surface area is 172 Å². The molecule has 0 amide bonds. The highest BCUT2D eigenvalue weighted by molar-refractivity contribution is 6.51. The lowest BCUT2D eigenvalue weighted by Gasteiger charge is -2.22. The van der Waals surface area contributed by atoms with Crippen molar-refractivity contribution in [2.24, 2.45) is 10.9 Å². The first-order valence-corrected chi connectivity index (χ1v) is 10.4. The van der Waals surface area contributed by atoms with Crippen LogP contribution in [0.5, 0.6) is 0 Å². The van der Waals surface area contributed by atoms with Crippen LogP contribution < -0.4 is 0 Å². The number of allylic oxidation sites excluding steroid dienone is 9. The number of nitrogens with zero attached hydrogens (tertiary/aromatic N) is 2. The van der Waals surface area contributed by atoms with Gasteiger partial charge in [-0.05, 0) is 63.7 Å². The Morgan fingerprint density at radius 3 is 2.61 bits per heavy atom. The fourth-order valence-corrected chi connectivity index (χ4v) is 2.74. The molecular formula is C25H37N3. The largest absolute Gasteiger partial charge is 0.351 e.